The summed E-state index contributed by atoms with van der Waals surface area (Å²) in [6.45, 7) is 1.84. The van der Waals surface area contributed by atoms with E-state index in [2.05, 4.69) is 10.1 Å². The average Bonchev–Trinajstić information content (AvgIpc) is 2.85. The Morgan fingerprint density at radius 2 is 2.32 bits per heavy atom. The minimum Gasteiger partial charge on any atom is -0.461 e. The van der Waals surface area contributed by atoms with E-state index in [1.165, 1.54) is 17.1 Å². The Labute approximate surface area is 109 Å². The summed E-state index contributed by atoms with van der Waals surface area (Å²) in [5, 5.41) is 22.5. The lowest BCUT2D eigenvalue weighted by molar-refractivity contribution is 0.0520. The molecule has 0 amide bonds. The van der Waals surface area contributed by atoms with Gasteiger partial charge in [0.1, 0.15) is 0 Å². The minimum atomic E-state index is -1.80. The highest BCUT2D eigenvalue weighted by Crippen LogP contribution is 2.05. The maximum absolute atomic E-state index is 11.7. The normalized spacial score (nSPS) is 10.3. The molecule has 2 heterocycles. The molecule has 7 nitrogen and oxygen atoms in total. The van der Waals surface area contributed by atoms with Crippen molar-refractivity contribution < 1.29 is 19.6 Å². The van der Waals surface area contributed by atoms with Crippen LogP contribution >= 0.6 is 0 Å². The van der Waals surface area contributed by atoms with Crippen LogP contribution in [0.1, 0.15) is 17.4 Å². The molecule has 2 N–H and O–H groups in total. The Balaban J connectivity index is 2.44. The van der Waals surface area contributed by atoms with Crippen molar-refractivity contribution in [2.24, 2.45) is 0 Å². The third-order valence-corrected chi connectivity index (χ3v) is 2.40. The highest BCUT2D eigenvalue weighted by molar-refractivity contribution is 6.60. The molecule has 0 bridgehead atoms. The number of nitrogens with zero attached hydrogens (tertiary/aromatic N) is 3. The van der Waals surface area contributed by atoms with Crippen LogP contribution in [0.4, 0.5) is 0 Å². The van der Waals surface area contributed by atoms with E-state index in [-0.39, 0.29) is 17.8 Å². The molecule has 98 valence electrons. The van der Waals surface area contributed by atoms with Crippen LogP contribution in [0.5, 0.6) is 0 Å². The number of hydrogen-bond donors (Lipinski definition) is 2. The van der Waals surface area contributed by atoms with E-state index >= 15 is 0 Å². The number of ether oxygens (including phenoxy) is 1. The predicted octanol–water partition coefficient (Wildman–Crippen LogP) is -0.876. The van der Waals surface area contributed by atoms with Gasteiger partial charge >= 0.3 is 13.1 Å². The topological polar surface area (TPSA) is 97.5 Å². The van der Waals surface area contributed by atoms with Crippen LogP contribution in [-0.2, 0) is 4.74 Å². The fourth-order valence-electron chi connectivity index (χ4n) is 1.56. The van der Waals surface area contributed by atoms with E-state index < -0.39 is 13.1 Å². The van der Waals surface area contributed by atoms with E-state index in [0.717, 1.165) is 0 Å². The third-order valence-electron chi connectivity index (χ3n) is 2.40. The molecule has 0 saturated carbocycles. The van der Waals surface area contributed by atoms with Gasteiger partial charge in [-0.25, -0.2) is 9.48 Å². The van der Waals surface area contributed by atoms with E-state index in [4.69, 9.17) is 4.74 Å². The van der Waals surface area contributed by atoms with E-state index in [1.807, 2.05) is 0 Å². The molecule has 0 aliphatic heterocycles. The SMILES string of the molecule is CCOC(=O)c1nn(-c2cccnc2)cc1B(O)O. The van der Waals surface area contributed by atoms with Crippen LogP contribution in [0.15, 0.2) is 30.7 Å². The van der Waals surface area contributed by atoms with Gasteiger partial charge in [-0.1, -0.05) is 0 Å². The molecular formula is C11H12BN3O4. The van der Waals surface area contributed by atoms with Gasteiger partial charge in [0.15, 0.2) is 5.69 Å². The van der Waals surface area contributed by atoms with Crippen molar-refractivity contribution in [1.82, 2.24) is 14.8 Å². The Bertz CT molecular complexity index is 571. The second kappa shape index (κ2) is 5.64. The Morgan fingerprint density at radius 1 is 1.53 bits per heavy atom. The first-order valence-electron chi connectivity index (χ1n) is 5.66. The molecule has 0 spiro atoms. The van der Waals surface area contributed by atoms with Gasteiger partial charge in [0.05, 0.1) is 18.5 Å². The van der Waals surface area contributed by atoms with Crippen molar-refractivity contribution in [2.75, 3.05) is 6.61 Å². The fraction of sp³-hybridized carbons (Fsp3) is 0.182. The number of hydrogen-bond acceptors (Lipinski definition) is 6. The number of esters is 1. The van der Waals surface area contributed by atoms with Crippen molar-refractivity contribution in [3.8, 4) is 5.69 Å². The molecule has 2 aromatic heterocycles. The smallest absolute Gasteiger partial charge is 0.461 e. The van der Waals surface area contributed by atoms with Crippen molar-refractivity contribution in [3.05, 3.63) is 36.4 Å². The highest BCUT2D eigenvalue weighted by Gasteiger charge is 2.26. The molecule has 0 saturated heterocycles. The van der Waals surface area contributed by atoms with Crippen LogP contribution in [-0.4, -0.2) is 44.5 Å². The first kappa shape index (κ1) is 13.3. The van der Waals surface area contributed by atoms with Crippen LogP contribution in [0.25, 0.3) is 5.69 Å². The summed E-state index contributed by atoms with van der Waals surface area (Å²) in [6, 6.07) is 3.43. The zero-order valence-corrected chi connectivity index (χ0v) is 10.2. The van der Waals surface area contributed by atoms with E-state index in [1.54, 1.807) is 25.3 Å². The average molecular weight is 261 g/mol. The second-order valence-corrected chi connectivity index (χ2v) is 3.68. The summed E-state index contributed by atoms with van der Waals surface area (Å²) < 4.78 is 6.16. The van der Waals surface area contributed by atoms with Crippen molar-refractivity contribution >= 4 is 18.6 Å². The zero-order valence-electron chi connectivity index (χ0n) is 10.2. The van der Waals surface area contributed by atoms with Crippen LogP contribution in [0.3, 0.4) is 0 Å². The summed E-state index contributed by atoms with van der Waals surface area (Å²) in [6.07, 6.45) is 4.49. The lowest BCUT2D eigenvalue weighted by Crippen LogP contribution is -2.33. The highest BCUT2D eigenvalue weighted by atomic mass is 16.5. The standard InChI is InChI=1S/C11H12BN3O4/c1-2-19-11(16)10-9(12(17)18)7-15(14-10)8-4-3-5-13-6-8/h3-7,17-18H,2H2,1H3. The van der Waals surface area contributed by atoms with Gasteiger partial charge in [0.25, 0.3) is 0 Å². The van der Waals surface area contributed by atoms with Gasteiger partial charge in [-0.05, 0) is 19.1 Å². The second-order valence-electron chi connectivity index (χ2n) is 3.68. The maximum Gasteiger partial charge on any atom is 0.492 e. The number of rotatable bonds is 4. The molecular weight excluding hydrogens is 249 g/mol. The Hall–Kier alpha value is -2.19. The molecule has 19 heavy (non-hydrogen) atoms. The van der Waals surface area contributed by atoms with Gasteiger partial charge in [-0.3, -0.25) is 4.98 Å². The van der Waals surface area contributed by atoms with Gasteiger partial charge in [0.2, 0.25) is 0 Å². The van der Waals surface area contributed by atoms with Crippen LogP contribution in [0.2, 0.25) is 0 Å². The number of carbonyl (C=O) groups is 1. The molecule has 8 heteroatoms. The quantitative estimate of drug-likeness (QED) is 0.548. The van der Waals surface area contributed by atoms with Gasteiger partial charge < -0.3 is 14.8 Å². The molecule has 2 rings (SSSR count). The molecule has 0 radical (unpaired) electrons. The predicted molar refractivity (Wildman–Crippen MR) is 67.1 cm³/mol. The Kier molecular flexibility index (Phi) is 3.93. The molecule has 2 aromatic rings. The number of aromatic nitrogens is 3. The van der Waals surface area contributed by atoms with Crippen molar-refractivity contribution in [3.63, 3.8) is 0 Å². The number of pyridine rings is 1. The molecule has 0 atom stereocenters. The van der Waals surface area contributed by atoms with E-state index in [9.17, 15) is 14.8 Å². The van der Waals surface area contributed by atoms with E-state index in [0.29, 0.717) is 5.69 Å². The lowest BCUT2D eigenvalue weighted by Gasteiger charge is -2.00. The molecule has 0 fully saturated rings. The fourth-order valence-corrected chi connectivity index (χ4v) is 1.56. The first-order valence-corrected chi connectivity index (χ1v) is 5.66. The summed E-state index contributed by atoms with van der Waals surface area (Å²) >= 11 is 0. The van der Waals surface area contributed by atoms with Crippen LogP contribution in [0, 0.1) is 0 Å². The van der Waals surface area contributed by atoms with Gasteiger partial charge in [-0.2, -0.15) is 5.10 Å². The molecule has 0 unspecified atom stereocenters. The van der Waals surface area contributed by atoms with Gasteiger partial charge in [0, 0.05) is 17.9 Å². The monoisotopic (exact) mass is 261 g/mol. The summed E-state index contributed by atoms with van der Waals surface area (Å²) in [5.74, 6) is -0.701. The molecule has 0 aromatic carbocycles. The minimum absolute atomic E-state index is 0.0118. The zero-order chi connectivity index (χ0) is 13.8. The molecule has 0 aliphatic carbocycles. The van der Waals surface area contributed by atoms with Gasteiger partial charge in [-0.15, -0.1) is 0 Å². The summed E-state index contributed by atoms with van der Waals surface area (Å²) in [4.78, 5) is 15.6. The maximum atomic E-state index is 11.7. The van der Waals surface area contributed by atoms with Crippen molar-refractivity contribution in [1.29, 1.82) is 0 Å². The summed E-state index contributed by atoms with van der Waals surface area (Å²) in [7, 11) is -1.80. The lowest BCUT2D eigenvalue weighted by atomic mass is 9.80. The van der Waals surface area contributed by atoms with Crippen LogP contribution < -0.4 is 5.46 Å². The summed E-state index contributed by atoms with van der Waals surface area (Å²) in [5.41, 5.74) is 0.461. The third kappa shape index (κ3) is 2.80. The van der Waals surface area contributed by atoms with Crippen molar-refractivity contribution in [2.45, 2.75) is 6.92 Å². The molecule has 0 aliphatic rings. The largest absolute Gasteiger partial charge is 0.492 e. The Morgan fingerprint density at radius 3 is 2.89 bits per heavy atom. The first-order chi connectivity index (χ1) is 9.13. The number of carbonyl (C=O) groups excluding carboxylic acids is 1.